The highest BCUT2D eigenvalue weighted by molar-refractivity contribution is 6.34. The van der Waals surface area contributed by atoms with Gasteiger partial charge >= 0.3 is 0 Å². The number of rotatable bonds is 6. The molecule has 4 N–H and O–H groups in total. The van der Waals surface area contributed by atoms with Crippen LogP contribution in [0.5, 0.6) is 0 Å². The molecular weight excluding hydrogens is 278 g/mol. The van der Waals surface area contributed by atoms with E-state index in [9.17, 15) is 9.59 Å². The fraction of sp³-hybridized carbons (Fsp3) is 0.429. The van der Waals surface area contributed by atoms with Gasteiger partial charge in [-0.1, -0.05) is 18.5 Å². The van der Waals surface area contributed by atoms with Crippen molar-refractivity contribution in [2.45, 2.75) is 19.8 Å². The Morgan fingerprint density at radius 2 is 2.10 bits per heavy atom. The Kier molecular flexibility index (Phi) is 6.48. The van der Waals surface area contributed by atoms with E-state index < -0.39 is 0 Å². The van der Waals surface area contributed by atoms with Gasteiger partial charge in [0.2, 0.25) is 5.91 Å². The fourth-order valence-electron chi connectivity index (χ4n) is 1.63. The molecule has 0 radical (unpaired) electrons. The van der Waals surface area contributed by atoms with E-state index in [0.29, 0.717) is 35.2 Å². The molecule has 6 heteroatoms. The maximum atomic E-state index is 11.8. The van der Waals surface area contributed by atoms with E-state index in [0.717, 1.165) is 6.42 Å². The van der Waals surface area contributed by atoms with E-state index in [4.69, 9.17) is 17.3 Å². The molecule has 1 aromatic carbocycles. The van der Waals surface area contributed by atoms with Crippen LogP contribution in [0.1, 0.15) is 30.1 Å². The smallest absolute Gasteiger partial charge is 0.252 e. The minimum absolute atomic E-state index is 0.101. The summed E-state index contributed by atoms with van der Waals surface area (Å²) in [6.45, 7) is 2.56. The van der Waals surface area contributed by atoms with Gasteiger partial charge < -0.3 is 16.4 Å². The topological polar surface area (TPSA) is 84.2 Å². The number of hydrogen-bond acceptors (Lipinski definition) is 3. The quantitative estimate of drug-likeness (QED) is 0.751. The summed E-state index contributed by atoms with van der Waals surface area (Å²) in [4.78, 5) is 23.4. The first-order valence-corrected chi connectivity index (χ1v) is 6.87. The third-order valence-corrected chi connectivity index (χ3v) is 3.32. The highest BCUT2D eigenvalue weighted by Gasteiger charge is 2.11. The molecule has 0 saturated carbocycles. The third-order valence-electron chi connectivity index (χ3n) is 2.99. The Labute approximate surface area is 123 Å². The average Bonchev–Trinajstić information content (AvgIpc) is 2.45. The van der Waals surface area contributed by atoms with E-state index >= 15 is 0 Å². The lowest BCUT2D eigenvalue weighted by atomic mass is 10.1. The maximum absolute atomic E-state index is 11.8. The van der Waals surface area contributed by atoms with Crippen LogP contribution >= 0.6 is 11.6 Å². The molecule has 20 heavy (non-hydrogen) atoms. The number of hydrogen-bond donors (Lipinski definition) is 3. The van der Waals surface area contributed by atoms with Gasteiger partial charge in [0.15, 0.2) is 0 Å². The predicted molar refractivity (Wildman–Crippen MR) is 80.9 cm³/mol. The van der Waals surface area contributed by atoms with E-state index in [1.54, 1.807) is 18.2 Å². The van der Waals surface area contributed by atoms with Crippen molar-refractivity contribution in [2.75, 3.05) is 18.9 Å². The largest absolute Gasteiger partial charge is 0.355 e. The molecule has 0 fully saturated rings. The number of nitrogens with two attached hydrogens (primary N) is 1. The molecule has 2 amide bonds. The molecule has 0 spiro atoms. The minimum atomic E-state index is -0.289. The fourth-order valence-corrected chi connectivity index (χ4v) is 1.83. The number of amides is 2. The van der Waals surface area contributed by atoms with Crippen molar-refractivity contribution in [2.24, 2.45) is 11.7 Å². The molecule has 1 rings (SSSR count). The number of carbonyl (C=O) groups excluding carboxylic acids is 2. The number of halogens is 1. The van der Waals surface area contributed by atoms with Gasteiger partial charge in [-0.2, -0.15) is 0 Å². The zero-order chi connectivity index (χ0) is 15.1. The second-order valence-electron chi connectivity index (χ2n) is 4.70. The van der Waals surface area contributed by atoms with Crippen molar-refractivity contribution in [3.05, 3.63) is 28.8 Å². The molecule has 1 unspecified atom stereocenters. The van der Waals surface area contributed by atoms with Crippen LogP contribution in [-0.2, 0) is 4.79 Å². The van der Waals surface area contributed by atoms with Gasteiger partial charge in [0, 0.05) is 19.2 Å². The standard InChI is InChI=1S/C14H20ClN3O2/c1-9(8-16)3-6-13(19)18-10-4-5-12(15)11(7-10)14(20)17-2/h4-5,7,9H,3,6,8,16H2,1-2H3,(H,17,20)(H,18,19). The van der Waals surface area contributed by atoms with Crippen LogP contribution in [0.15, 0.2) is 18.2 Å². The Bertz CT molecular complexity index is 491. The van der Waals surface area contributed by atoms with Gasteiger partial charge in [0.25, 0.3) is 5.91 Å². The molecule has 0 saturated heterocycles. The van der Waals surface area contributed by atoms with Crippen LogP contribution in [-0.4, -0.2) is 25.4 Å². The third kappa shape index (κ3) is 4.83. The monoisotopic (exact) mass is 297 g/mol. The van der Waals surface area contributed by atoms with Crippen molar-refractivity contribution in [1.82, 2.24) is 5.32 Å². The van der Waals surface area contributed by atoms with Crippen molar-refractivity contribution in [3.8, 4) is 0 Å². The van der Waals surface area contributed by atoms with Crippen LogP contribution in [0.3, 0.4) is 0 Å². The number of anilines is 1. The minimum Gasteiger partial charge on any atom is -0.355 e. The van der Waals surface area contributed by atoms with Crippen molar-refractivity contribution < 1.29 is 9.59 Å². The summed E-state index contributed by atoms with van der Waals surface area (Å²) in [6.07, 6.45) is 1.13. The molecule has 0 aromatic heterocycles. The van der Waals surface area contributed by atoms with Gasteiger partial charge in [-0.25, -0.2) is 0 Å². The molecule has 0 aliphatic rings. The highest BCUT2D eigenvalue weighted by atomic mass is 35.5. The highest BCUT2D eigenvalue weighted by Crippen LogP contribution is 2.21. The molecule has 110 valence electrons. The average molecular weight is 298 g/mol. The summed E-state index contributed by atoms with van der Waals surface area (Å²) >= 11 is 5.94. The first-order valence-electron chi connectivity index (χ1n) is 6.49. The van der Waals surface area contributed by atoms with Crippen LogP contribution in [0, 0.1) is 5.92 Å². The summed E-state index contributed by atoms with van der Waals surface area (Å²) < 4.78 is 0. The van der Waals surface area contributed by atoms with Crippen LogP contribution in [0.25, 0.3) is 0 Å². The van der Waals surface area contributed by atoms with E-state index in [1.165, 1.54) is 7.05 Å². The lowest BCUT2D eigenvalue weighted by Crippen LogP contribution is -2.19. The van der Waals surface area contributed by atoms with Crippen molar-refractivity contribution in [1.29, 1.82) is 0 Å². The van der Waals surface area contributed by atoms with Gasteiger partial charge in [0.05, 0.1) is 10.6 Å². The first-order chi connectivity index (χ1) is 9.47. The summed E-state index contributed by atoms with van der Waals surface area (Å²) in [6, 6.07) is 4.81. The summed E-state index contributed by atoms with van der Waals surface area (Å²) in [5, 5.41) is 5.60. The molecule has 1 atom stereocenters. The molecule has 0 heterocycles. The summed E-state index contributed by atoms with van der Waals surface area (Å²) in [7, 11) is 1.53. The van der Waals surface area contributed by atoms with Crippen molar-refractivity contribution in [3.63, 3.8) is 0 Å². The molecule has 0 aliphatic heterocycles. The Hall–Kier alpha value is -1.59. The lowest BCUT2D eigenvalue weighted by Gasteiger charge is -2.10. The molecular formula is C14H20ClN3O2. The SMILES string of the molecule is CNC(=O)c1cc(NC(=O)CCC(C)CN)ccc1Cl. The molecule has 0 aliphatic carbocycles. The zero-order valence-electron chi connectivity index (χ0n) is 11.7. The Morgan fingerprint density at radius 1 is 1.40 bits per heavy atom. The lowest BCUT2D eigenvalue weighted by molar-refractivity contribution is -0.116. The molecule has 0 bridgehead atoms. The second kappa shape index (κ2) is 7.87. The zero-order valence-corrected chi connectivity index (χ0v) is 12.5. The van der Waals surface area contributed by atoms with E-state index in [1.807, 2.05) is 6.92 Å². The summed E-state index contributed by atoms with van der Waals surface area (Å²) in [5.74, 6) is -0.0780. The van der Waals surface area contributed by atoms with Crippen LogP contribution < -0.4 is 16.4 Å². The van der Waals surface area contributed by atoms with Gasteiger partial charge in [0.1, 0.15) is 0 Å². The first kappa shape index (κ1) is 16.5. The van der Waals surface area contributed by atoms with Gasteiger partial charge in [-0.05, 0) is 37.1 Å². The Balaban J connectivity index is 2.68. The van der Waals surface area contributed by atoms with Crippen LogP contribution in [0.4, 0.5) is 5.69 Å². The normalized spacial score (nSPS) is 11.8. The van der Waals surface area contributed by atoms with Gasteiger partial charge in [-0.15, -0.1) is 0 Å². The second-order valence-corrected chi connectivity index (χ2v) is 5.11. The number of benzene rings is 1. The Morgan fingerprint density at radius 3 is 2.70 bits per heavy atom. The maximum Gasteiger partial charge on any atom is 0.252 e. The molecule has 1 aromatic rings. The van der Waals surface area contributed by atoms with E-state index in [2.05, 4.69) is 10.6 Å². The summed E-state index contributed by atoms with van der Waals surface area (Å²) in [5.41, 5.74) is 6.39. The van der Waals surface area contributed by atoms with Gasteiger partial charge in [-0.3, -0.25) is 9.59 Å². The number of carbonyl (C=O) groups is 2. The molecule has 5 nitrogen and oxygen atoms in total. The number of nitrogens with one attached hydrogen (secondary N) is 2. The van der Waals surface area contributed by atoms with Crippen LogP contribution in [0.2, 0.25) is 5.02 Å². The van der Waals surface area contributed by atoms with Crippen molar-refractivity contribution >= 4 is 29.1 Å². The predicted octanol–water partition coefficient (Wildman–Crippen LogP) is 2.01. The van der Waals surface area contributed by atoms with E-state index in [-0.39, 0.29) is 11.8 Å².